The number of pyridine rings is 1. The number of anilines is 2. The molecular weight excluding hydrogens is 464 g/mol. The fourth-order valence-corrected chi connectivity index (χ4v) is 4.11. The van der Waals surface area contributed by atoms with Gasteiger partial charge in [-0.25, -0.2) is 9.97 Å². The number of carbonyl (C=O) groups is 1. The highest BCUT2D eigenvalue weighted by atomic mass is 16.6. The second-order valence-electron chi connectivity index (χ2n) is 9.86. The molecule has 0 atom stereocenters. The number of hydrogen-bond acceptors (Lipinski definition) is 7. The molecule has 0 aliphatic carbocycles. The Kier molecular flexibility index (Phi) is 7.73. The van der Waals surface area contributed by atoms with Crippen molar-refractivity contribution in [2.24, 2.45) is 7.05 Å². The highest BCUT2D eigenvalue weighted by Gasteiger charge is 2.19. The molecule has 0 aliphatic heterocycles. The lowest BCUT2D eigenvalue weighted by molar-refractivity contribution is -0.154. The number of imidazole rings is 1. The zero-order valence-corrected chi connectivity index (χ0v) is 21.7. The van der Waals surface area contributed by atoms with E-state index in [1.54, 1.807) is 18.3 Å². The third-order valence-corrected chi connectivity index (χ3v) is 5.94. The molecular formula is C29H32N6O2. The summed E-state index contributed by atoms with van der Waals surface area (Å²) in [7, 11) is 2.00. The van der Waals surface area contributed by atoms with Crippen LogP contribution in [0.15, 0.2) is 60.8 Å². The standard InChI is InChI=1S/C29H32N6O2/c1-29(2,3)37-27(36)15-11-21-10-14-24-28(23(21)18-33-25-7-5-6-16-31-25)34-26(35(24)4)19-32-22-12-8-20(17-30)9-13-22/h5-10,12-14,16,32H,11,15,18-19H2,1-4H3,(H,31,33). The van der Waals surface area contributed by atoms with Crippen LogP contribution in [0, 0.1) is 11.3 Å². The first-order valence-corrected chi connectivity index (χ1v) is 12.3. The molecule has 0 aliphatic rings. The van der Waals surface area contributed by atoms with Crippen molar-refractivity contribution >= 4 is 28.5 Å². The van der Waals surface area contributed by atoms with Gasteiger partial charge in [-0.05, 0) is 75.2 Å². The van der Waals surface area contributed by atoms with Crippen molar-refractivity contribution < 1.29 is 9.53 Å². The van der Waals surface area contributed by atoms with E-state index in [0.717, 1.165) is 39.5 Å². The molecule has 2 heterocycles. The van der Waals surface area contributed by atoms with Crippen LogP contribution in [0.3, 0.4) is 0 Å². The van der Waals surface area contributed by atoms with E-state index in [-0.39, 0.29) is 5.97 Å². The Morgan fingerprint density at radius 2 is 1.84 bits per heavy atom. The SMILES string of the molecule is Cn1c(CNc2ccc(C#N)cc2)nc2c(CNc3ccccn3)c(CCC(=O)OC(C)(C)C)ccc21. The second-order valence-corrected chi connectivity index (χ2v) is 9.86. The third kappa shape index (κ3) is 6.64. The van der Waals surface area contributed by atoms with E-state index in [1.807, 2.05) is 58.2 Å². The number of nitrogens with zero attached hydrogens (tertiary/aromatic N) is 4. The predicted octanol–water partition coefficient (Wildman–Crippen LogP) is 5.34. The van der Waals surface area contributed by atoms with Crippen LogP contribution in [0.1, 0.15) is 49.7 Å². The molecule has 2 aromatic heterocycles. The summed E-state index contributed by atoms with van der Waals surface area (Å²) < 4.78 is 7.59. The summed E-state index contributed by atoms with van der Waals surface area (Å²) in [5.74, 6) is 1.43. The van der Waals surface area contributed by atoms with Crippen molar-refractivity contribution in [3.63, 3.8) is 0 Å². The molecule has 0 radical (unpaired) electrons. The van der Waals surface area contributed by atoms with Crippen LogP contribution in [-0.4, -0.2) is 26.1 Å². The van der Waals surface area contributed by atoms with E-state index in [0.29, 0.717) is 31.5 Å². The van der Waals surface area contributed by atoms with Crippen molar-refractivity contribution in [3.8, 4) is 6.07 Å². The number of nitriles is 1. The zero-order valence-electron chi connectivity index (χ0n) is 21.7. The summed E-state index contributed by atoms with van der Waals surface area (Å²) in [5, 5.41) is 15.8. The number of aryl methyl sites for hydroxylation is 2. The van der Waals surface area contributed by atoms with Gasteiger partial charge in [-0.2, -0.15) is 5.26 Å². The maximum Gasteiger partial charge on any atom is 0.306 e. The van der Waals surface area contributed by atoms with Crippen LogP contribution < -0.4 is 10.6 Å². The number of fused-ring (bicyclic) bond motifs is 1. The summed E-state index contributed by atoms with van der Waals surface area (Å²) in [4.78, 5) is 21.8. The molecule has 0 saturated heterocycles. The van der Waals surface area contributed by atoms with Crippen molar-refractivity contribution in [3.05, 3.63) is 83.3 Å². The molecule has 0 amide bonds. The smallest absolute Gasteiger partial charge is 0.306 e. The number of carbonyl (C=O) groups excluding carboxylic acids is 1. The Labute approximate surface area is 217 Å². The predicted molar refractivity (Wildman–Crippen MR) is 145 cm³/mol. The molecule has 2 N–H and O–H groups in total. The number of esters is 1. The lowest BCUT2D eigenvalue weighted by Gasteiger charge is -2.19. The van der Waals surface area contributed by atoms with Gasteiger partial charge in [0, 0.05) is 37.5 Å². The Morgan fingerprint density at radius 3 is 2.51 bits per heavy atom. The number of aromatic nitrogens is 3. The lowest BCUT2D eigenvalue weighted by atomic mass is 10.0. The van der Waals surface area contributed by atoms with Gasteiger partial charge in [0.15, 0.2) is 0 Å². The number of nitrogens with one attached hydrogen (secondary N) is 2. The van der Waals surface area contributed by atoms with Crippen LogP contribution in [-0.2, 0) is 36.1 Å². The van der Waals surface area contributed by atoms with Crippen molar-refractivity contribution in [2.75, 3.05) is 10.6 Å². The Morgan fingerprint density at radius 1 is 1.05 bits per heavy atom. The van der Waals surface area contributed by atoms with Crippen LogP contribution in [0.5, 0.6) is 0 Å². The van der Waals surface area contributed by atoms with Gasteiger partial charge < -0.3 is 19.9 Å². The Bertz CT molecular complexity index is 1410. The summed E-state index contributed by atoms with van der Waals surface area (Å²) in [6.45, 7) is 6.68. The minimum Gasteiger partial charge on any atom is -0.460 e. The molecule has 0 spiro atoms. The fourth-order valence-electron chi connectivity index (χ4n) is 4.11. The summed E-state index contributed by atoms with van der Waals surface area (Å²) in [6.07, 6.45) is 2.60. The molecule has 2 aromatic carbocycles. The molecule has 0 fully saturated rings. The molecule has 0 saturated carbocycles. The molecule has 4 rings (SSSR count). The largest absolute Gasteiger partial charge is 0.460 e. The summed E-state index contributed by atoms with van der Waals surface area (Å²) >= 11 is 0. The molecule has 4 aromatic rings. The van der Waals surface area contributed by atoms with Gasteiger partial charge in [0.2, 0.25) is 0 Å². The first-order chi connectivity index (χ1) is 17.7. The molecule has 8 nitrogen and oxygen atoms in total. The third-order valence-electron chi connectivity index (χ3n) is 5.94. The van der Waals surface area contributed by atoms with E-state index in [2.05, 4.69) is 38.4 Å². The molecule has 37 heavy (non-hydrogen) atoms. The van der Waals surface area contributed by atoms with E-state index in [9.17, 15) is 4.79 Å². The van der Waals surface area contributed by atoms with Crippen LogP contribution in [0.25, 0.3) is 11.0 Å². The average Bonchev–Trinajstić information content (AvgIpc) is 3.20. The van der Waals surface area contributed by atoms with E-state index in [4.69, 9.17) is 15.0 Å². The van der Waals surface area contributed by atoms with E-state index in [1.165, 1.54) is 0 Å². The maximum atomic E-state index is 12.4. The fraction of sp³-hybridized carbons (Fsp3) is 0.310. The van der Waals surface area contributed by atoms with Crippen LogP contribution >= 0.6 is 0 Å². The van der Waals surface area contributed by atoms with E-state index >= 15 is 0 Å². The first-order valence-electron chi connectivity index (χ1n) is 12.3. The number of hydrogen-bond donors (Lipinski definition) is 2. The molecule has 0 unspecified atom stereocenters. The number of rotatable bonds is 9. The average molecular weight is 497 g/mol. The quantitative estimate of drug-likeness (QED) is 0.301. The molecule has 190 valence electrons. The summed E-state index contributed by atoms with van der Waals surface area (Å²) in [6, 6.07) is 19.4. The van der Waals surface area contributed by atoms with Gasteiger partial charge in [-0.1, -0.05) is 12.1 Å². The van der Waals surface area contributed by atoms with E-state index < -0.39 is 5.60 Å². The van der Waals surface area contributed by atoms with Crippen LogP contribution in [0.4, 0.5) is 11.5 Å². The summed E-state index contributed by atoms with van der Waals surface area (Å²) in [5.41, 5.74) is 5.01. The minimum absolute atomic E-state index is 0.218. The van der Waals surface area contributed by atoms with Gasteiger partial charge >= 0.3 is 5.97 Å². The van der Waals surface area contributed by atoms with Gasteiger partial charge in [0.1, 0.15) is 17.2 Å². The highest BCUT2D eigenvalue weighted by Crippen LogP contribution is 2.26. The molecule has 0 bridgehead atoms. The van der Waals surface area contributed by atoms with Gasteiger partial charge in [0.05, 0.1) is 29.2 Å². The second kappa shape index (κ2) is 11.1. The highest BCUT2D eigenvalue weighted by molar-refractivity contribution is 5.82. The van der Waals surface area contributed by atoms with Gasteiger partial charge in [-0.3, -0.25) is 4.79 Å². The maximum absolute atomic E-state index is 12.4. The topological polar surface area (TPSA) is 105 Å². The first kappa shape index (κ1) is 25.7. The lowest BCUT2D eigenvalue weighted by Crippen LogP contribution is -2.24. The van der Waals surface area contributed by atoms with Crippen molar-refractivity contribution in [2.45, 2.75) is 52.3 Å². The van der Waals surface area contributed by atoms with Crippen molar-refractivity contribution in [1.82, 2.24) is 14.5 Å². The zero-order chi connectivity index (χ0) is 26.4. The van der Waals surface area contributed by atoms with Crippen LogP contribution in [0.2, 0.25) is 0 Å². The minimum atomic E-state index is -0.512. The number of benzene rings is 2. The van der Waals surface area contributed by atoms with Gasteiger partial charge in [0.25, 0.3) is 0 Å². The van der Waals surface area contributed by atoms with Crippen molar-refractivity contribution in [1.29, 1.82) is 5.26 Å². The van der Waals surface area contributed by atoms with Gasteiger partial charge in [-0.15, -0.1) is 0 Å². The molecule has 8 heteroatoms. The monoisotopic (exact) mass is 496 g/mol. The Balaban J connectivity index is 1.60. The Hall–Kier alpha value is -4.38. The number of ether oxygens (including phenoxy) is 1. The normalized spacial score (nSPS) is 11.2.